The minimum absolute atomic E-state index is 0. The standard InChI is InChI=1S/C16H22FN.H2O.H2/c1-12-4-6-13(7-5-12)15-9-8-14(3-2-10-18)16(17)11-15;;/h12-16H,4-9,11H2,1H3;1H2;1H. The van der Waals surface area contributed by atoms with Crippen molar-refractivity contribution in [3.63, 3.8) is 0 Å². The van der Waals surface area contributed by atoms with Crippen molar-refractivity contribution in [3.05, 3.63) is 0 Å². The third kappa shape index (κ3) is 4.22. The van der Waals surface area contributed by atoms with Crippen molar-refractivity contribution in [1.82, 2.24) is 0 Å². The molecule has 2 nitrogen and oxygen atoms in total. The molecule has 2 aliphatic carbocycles. The fourth-order valence-electron chi connectivity index (χ4n) is 3.62. The predicted molar refractivity (Wildman–Crippen MR) is 76.0 cm³/mol. The minimum atomic E-state index is -0.816. The van der Waals surface area contributed by atoms with Crippen molar-refractivity contribution in [2.24, 2.45) is 23.7 Å². The number of nitriles is 1. The van der Waals surface area contributed by atoms with Gasteiger partial charge >= 0.3 is 0 Å². The van der Waals surface area contributed by atoms with Gasteiger partial charge in [0.2, 0.25) is 0 Å². The predicted octanol–water partition coefficient (Wildman–Crippen LogP) is 3.52. The molecule has 0 aromatic heterocycles. The van der Waals surface area contributed by atoms with Crippen LogP contribution in [0, 0.1) is 46.8 Å². The number of halogens is 1. The molecule has 3 heteroatoms. The minimum Gasteiger partial charge on any atom is -0.412 e. The lowest BCUT2D eigenvalue weighted by atomic mass is 9.69. The van der Waals surface area contributed by atoms with Crippen LogP contribution in [0.1, 0.15) is 53.3 Å². The summed E-state index contributed by atoms with van der Waals surface area (Å²) in [6.45, 7) is 2.32. The fourth-order valence-corrected chi connectivity index (χ4v) is 3.62. The van der Waals surface area contributed by atoms with E-state index in [1.165, 1.54) is 25.7 Å². The van der Waals surface area contributed by atoms with Crippen molar-refractivity contribution in [1.29, 1.82) is 5.26 Å². The van der Waals surface area contributed by atoms with Gasteiger partial charge in [-0.2, -0.15) is 5.26 Å². The van der Waals surface area contributed by atoms with E-state index in [4.69, 9.17) is 5.26 Å². The van der Waals surface area contributed by atoms with E-state index in [2.05, 4.69) is 18.8 Å². The molecule has 0 heterocycles. The number of hydrogen-bond acceptors (Lipinski definition) is 1. The molecule has 2 rings (SSSR count). The number of alkyl halides is 1. The van der Waals surface area contributed by atoms with E-state index in [0.717, 1.165) is 24.7 Å². The van der Waals surface area contributed by atoms with Crippen LogP contribution in [0.15, 0.2) is 0 Å². The van der Waals surface area contributed by atoms with Crippen LogP contribution in [-0.4, -0.2) is 11.6 Å². The third-order valence-electron chi connectivity index (χ3n) is 4.85. The summed E-state index contributed by atoms with van der Waals surface area (Å²) in [4.78, 5) is 0. The summed E-state index contributed by atoms with van der Waals surface area (Å²) in [6, 6.07) is 1.79. The Morgan fingerprint density at radius 1 is 1.05 bits per heavy atom. The van der Waals surface area contributed by atoms with E-state index in [0.29, 0.717) is 12.3 Å². The first-order valence-electron chi connectivity index (χ1n) is 7.24. The molecule has 2 fully saturated rings. The summed E-state index contributed by atoms with van der Waals surface area (Å²) < 4.78 is 14.0. The first-order valence-corrected chi connectivity index (χ1v) is 7.24. The number of nitrogens with zero attached hydrogens (tertiary/aromatic N) is 1. The second kappa shape index (κ2) is 7.51. The Balaban J connectivity index is 0.00000180. The molecule has 0 bridgehead atoms. The molecule has 108 valence electrons. The van der Waals surface area contributed by atoms with E-state index < -0.39 is 6.17 Å². The summed E-state index contributed by atoms with van der Waals surface area (Å²) in [7, 11) is 0. The highest BCUT2D eigenvalue weighted by Gasteiger charge is 2.34. The fraction of sp³-hybridized carbons (Fsp3) is 0.812. The van der Waals surface area contributed by atoms with E-state index in [-0.39, 0.29) is 12.8 Å². The molecular weight excluding hydrogens is 241 g/mol. The Morgan fingerprint density at radius 2 is 1.68 bits per heavy atom. The maximum absolute atomic E-state index is 14.0. The van der Waals surface area contributed by atoms with Gasteiger partial charge in [-0.1, -0.05) is 25.7 Å². The van der Waals surface area contributed by atoms with Gasteiger partial charge in [-0.25, -0.2) is 4.39 Å². The van der Waals surface area contributed by atoms with Crippen LogP contribution >= 0.6 is 0 Å². The SMILES string of the molecule is CC1CCC(C2CCC(C#CC#N)C(F)C2)CC1.O.[HH]. The molecule has 0 aromatic carbocycles. The van der Waals surface area contributed by atoms with Gasteiger partial charge in [0.25, 0.3) is 0 Å². The Labute approximate surface area is 117 Å². The zero-order chi connectivity index (χ0) is 13.0. The normalized spacial score (nSPS) is 38.3. The largest absolute Gasteiger partial charge is 0.412 e. The van der Waals surface area contributed by atoms with Crippen LogP contribution in [0.4, 0.5) is 4.39 Å². The van der Waals surface area contributed by atoms with Crippen LogP contribution in [0.25, 0.3) is 0 Å². The van der Waals surface area contributed by atoms with Crippen LogP contribution in [-0.2, 0) is 0 Å². The maximum atomic E-state index is 14.0. The molecule has 0 radical (unpaired) electrons. The highest BCUT2D eigenvalue weighted by Crippen LogP contribution is 2.41. The van der Waals surface area contributed by atoms with Crippen molar-refractivity contribution in [2.45, 2.75) is 58.0 Å². The average Bonchev–Trinajstić information content (AvgIpc) is 2.38. The van der Waals surface area contributed by atoms with Crippen molar-refractivity contribution in [3.8, 4) is 17.9 Å². The Bertz CT molecular complexity index is 376. The van der Waals surface area contributed by atoms with Gasteiger partial charge < -0.3 is 5.48 Å². The zero-order valence-corrected chi connectivity index (χ0v) is 11.7. The first-order chi connectivity index (χ1) is 8.70. The Morgan fingerprint density at radius 3 is 2.26 bits per heavy atom. The van der Waals surface area contributed by atoms with Crippen LogP contribution in [0.3, 0.4) is 0 Å². The topological polar surface area (TPSA) is 55.3 Å². The van der Waals surface area contributed by atoms with Gasteiger partial charge in [0.15, 0.2) is 6.07 Å². The lowest BCUT2D eigenvalue weighted by Gasteiger charge is -2.37. The Hall–Kier alpha value is -1.06. The third-order valence-corrected chi connectivity index (χ3v) is 4.85. The second-order valence-corrected chi connectivity index (χ2v) is 6.10. The second-order valence-electron chi connectivity index (χ2n) is 6.10. The van der Waals surface area contributed by atoms with E-state index in [9.17, 15) is 4.39 Å². The van der Waals surface area contributed by atoms with Gasteiger partial charge in [-0.3, -0.25) is 0 Å². The molecule has 0 aliphatic heterocycles. The zero-order valence-electron chi connectivity index (χ0n) is 11.7. The molecule has 2 aliphatic rings. The lowest BCUT2D eigenvalue weighted by Crippen LogP contribution is -2.31. The van der Waals surface area contributed by atoms with E-state index in [1.54, 1.807) is 6.07 Å². The molecule has 0 spiro atoms. The van der Waals surface area contributed by atoms with Crippen LogP contribution < -0.4 is 0 Å². The van der Waals surface area contributed by atoms with Gasteiger partial charge in [0.1, 0.15) is 6.17 Å². The lowest BCUT2D eigenvalue weighted by molar-refractivity contribution is 0.0986. The summed E-state index contributed by atoms with van der Waals surface area (Å²) in [5.74, 6) is 7.10. The van der Waals surface area contributed by atoms with Crippen molar-refractivity contribution in [2.75, 3.05) is 0 Å². The summed E-state index contributed by atoms with van der Waals surface area (Å²) in [5.41, 5.74) is 0. The quantitative estimate of drug-likeness (QED) is 0.671. The monoisotopic (exact) mass is 267 g/mol. The molecular formula is C16H26FNO. The highest BCUT2D eigenvalue weighted by atomic mass is 19.1. The molecule has 3 unspecified atom stereocenters. The van der Waals surface area contributed by atoms with Crippen LogP contribution in [0.5, 0.6) is 0 Å². The van der Waals surface area contributed by atoms with Gasteiger partial charge in [0, 0.05) is 7.35 Å². The molecule has 19 heavy (non-hydrogen) atoms. The molecule has 0 amide bonds. The maximum Gasteiger partial charge on any atom is 0.152 e. The molecule has 0 saturated heterocycles. The average molecular weight is 267 g/mol. The van der Waals surface area contributed by atoms with Gasteiger partial charge in [-0.05, 0) is 49.9 Å². The van der Waals surface area contributed by atoms with Crippen molar-refractivity contribution >= 4 is 0 Å². The molecule has 3 atom stereocenters. The summed E-state index contributed by atoms with van der Waals surface area (Å²) in [5, 5.41) is 8.42. The number of rotatable bonds is 1. The molecule has 2 N–H and O–H groups in total. The van der Waals surface area contributed by atoms with Crippen molar-refractivity contribution < 1.29 is 11.3 Å². The van der Waals surface area contributed by atoms with E-state index in [1.807, 2.05) is 0 Å². The summed E-state index contributed by atoms with van der Waals surface area (Å²) >= 11 is 0. The van der Waals surface area contributed by atoms with E-state index >= 15 is 0 Å². The van der Waals surface area contributed by atoms with Crippen LogP contribution in [0.2, 0.25) is 0 Å². The molecule has 0 aromatic rings. The Kier molecular flexibility index (Phi) is 6.32. The van der Waals surface area contributed by atoms with Gasteiger partial charge in [0.05, 0.1) is 5.92 Å². The van der Waals surface area contributed by atoms with Gasteiger partial charge in [-0.15, -0.1) is 0 Å². The summed E-state index contributed by atoms with van der Waals surface area (Å²) in [6.07, 6.45) is 7.00. The highest BCUT2D eigenvalue weighted by molar-refractivity contribution is 5.19. The first kappa shape index (κ1) is 16.0. The molecule has 2 saturated carbocycles. The number of hydrogen-bond donors (Lipinski definition) is 0. The smallest absolute Gasteiger partial charge is 0.152 e.